The predicted molar refractivity (Wildman–Crippen MR) is 70.1 cm³/mol. The van der Waals surface area contributed by atoms with Gasteiger partial charge in [-0.2, -0.15) is 5.10 Å². The van der Waals surface area contributed by atoms with Crippen molar-refractivity contribution in [1.29, 1.82) is 0 Å². The molecule has 0 saturated heterocycles. The zero-order valence-corrected chi connectivity index (χ0v) is 10.9. The van der Waals surface area contributed by atoms with Crippen molar-refractivity contribution in [2.24, 2.45) is 0 Å². The predicted octanol–water partition coefficient (Wildman–Crippen LogP) is 2.50. The summed E-state index contributed by atoms with van der Waals surface area (Å²) in [4.78, 5) is 0. The molecule has 0 atom stereocenters. The highest BCUT2D eigenvalue weighted by atomic mass is 16.5. The fraction of sp³-hybridized carbons (Fsp3) is 0.357. The van der Waals surface area contributed by atoms with Crippen LogP contribution in [0.15, 0.2) is 30.5 Å². The summed E-state index contributed by atoms with van der Waals surface area (Å²) < 4.78 is 7.01. The molecule has 0 unspecified atom stereocenters. The zero-order chi connectivity index (χ0) is 13.1. The minimum atomic E-state index is 0.0175. The minimum Gasteiger partial charge on any atom is -0.497 e. The lowest BCUT2D eigenvalue weighted by molar-refractivity contribution is 0.280. The van der Waals surface area contributed by atoms with Crippen molar-refractivity contribution < 1.29 is 9.84 Å². The number of aliphatic hydroxyl groups is 1. The third kappa shape index (κ3) is 2.24. The molecular weight excluding hydrogens is 228 g/mol. The summed E-state index contributed by atoms with van der Waals surface area (Å²) in [6, 6.07) is 7.72. The lowest BCUT2D eigenvalue weighted by Crippen LogP contribution is -2.05. The van der Waals surface area contributed by atoms with Gasteiger partial charge in [0.05, 0.1) is 31.3 Å². The highest BCUT2D eigenvalue weighted by molar-refractivity contribution is 5.40. The van der Waals surface area contributed by atoms with Crippen molar-refractivity contribution in [3.63, 3.8) is 0 Å². The largest absolute Gasteiger partial charge is 0.497 e. The Morgan fingerprint density at radius 1 is 1.28 bits per heavy atom. The average molecular weight is 246 g/mol. The van der Waals surface area contributed by atoms with Crippen LogP contribution in [-0.2, 0) is 6.61 Å². The first kappa shape index (κ1) is 12.6. The van der Waals surface area contributed by atoms with Crippen molar-refractivity contribution in [3.05, 3.63) is 41.7 Å². The summed E-state index contributed by atoms with van der Waals surface area (Å²) in [5.41, 5.74) is 2.89. The molecule has 1 aromatic heterocycles. The van der Waals surface area contributed by atoms with Crippen LogP contribution in [0, 0.1) is 0 Å². The normalized spacial score (nSPS) is 10.9. The first-order valence-electron chi connectivity index (χ1n) is 5.99. The monoisotopic (exact) mass is 246 g/mol. The number of nitrogens with zero attached hydrogens (tertiary/aromatic N) is 2. The Hall–Kier alpha value is -1.81. The van der Waals surface area contributed by atoms with Crippen LogP contribution in [-0.4, -0.2) is 22.0 Å². The van der Waals surface area contributed by atoms with E-state index in [1.807, 2.05) is 28.9 Å². The number of ether oxygens (including phenoxy) is 1. The lowest BCUT2D eigenvalue weighted by atomic mass is 10.1. The minimum absolute atomic E-state index is 0.0175. The van der Waals surface area contributed by atoms with E-state index in [-0.39, 0.29) is 6.61 Å². The van der Waals surface area contributed by atoms with Gasteiger partial charge in [0.25, 0.3) is 0 Å². The standard InChI is InChI=1S/C14H18N2O2/c1-10(2)14-11(9-17)8-15-16(14)12-4-6-13(18-3)7-5-12/h4-8,10,17H,9H2,1-3H3. The highest BCUT2D eigenvalue weighted by Gasteiger charge is 2.14. The summed E-state index contributed by atoms with van der Waals surface area (Å²) >= 11 is 0. The molecule has 0 aliphatic carbocycles. The Bertz CT molecular complexity index is 515. The van der Waals surface area contributed by atoms with E-state index in [0.29, 0.717) is 5.92 Å². The van der Waals surface area contributed by atoms with Gasteiger partial charge >= 0.3 is 0 Å². The van der Waals surface area contributed by atoms with Gasteiger partial charge in [0.1, 0.15) is 5.75 Å². The van der Waals surface area contributed by atoms with E-state index in [1.54, 1.807) is 13.3 Å². The fourth-order valence-corrected chi connectivity index (χ4v) is 2.06. The van der Waals surface area contributed by atoms with Crippen LogP contribution in [0.1, 0.15) is 31.0 Å². The van der Waals surface area contributed by atoms with Crippen LogP contribution in [0.4, 0.5) is 0 Å². The molecule has 0 aliphatic rings. The van der Waals surface area contributed by atoms with Gasteiger partial charge in [-0.05, 0) is 30.2 Å². The molecule has 1 heterocycles. The fourth-order valence-electron chi connectivity index (χ4n) is 2.06. The number of hydrogen-bond donors (Lipinski definition) is 1. The molecule has 4 heteroatoms. The molecule has 0 bridgehead atoms. The van der Waals surface area contributed by atoms with E-state index in [2.05, 4.69) is 18.9 Å². The van der Waals surface area contributed by atoms with Gasteiger partial charge < -0.3 is 9.84 Å². The van der Waals surface area contributed by atoms with E-state index >= 15 is 0 Å². The van der Waals surface area contributed by atoms with Crippen LogP contribution >= 0.6 is 0 Å². The van der Waals surface area contributed by atoms with Gasteiger partial charge in [-0.3, -0.25) is 0 Å². The first-order valence-corrected chi connectivity index (χ1v) is 5.99. The topological polar surface area (TPSA) is 47.3 Å². The Balaban J connectivity index is 2.46. The molecule has 0 saturated carbocycles. The molecule has 18 heavy (non-hydrogen) atoms. The van der Waals surface area contributed by atoms with Gasteiger partial charge in [-0.15, -0.1) is 0 Å². The van der Waals surface area contributed by atoms with E-state index in [4.69, 9.17) is 4.74 Å². The molecule has 2 rings (SSSR count). The molecule has 2 aromatic rings. The van der Waals surface area contributed by atoms with Crippen molar-refractivity contribution >= 4 is 0 Å². The van der Waals surface area contributed by atoms with Crippen molar-refractivity contribution in [3.8, 4) is 11.4 Å². The Morgan fingerprint density at radius 2 is 1.94 bits per heavy atom. The molecule has 0 amide bonds. The third-order valence-corrected chi connectivity index (χ3v) is 2.92. The third-order valence-electron chi connectivity index (χ3n) is 2.92. The van der Waals surface area contributed by atoms with Crippen molar-refractivity contribution in [2.45, 2.75) is 26.4 Å². The Morgan fingerprint density at radius 3 is 2.44 bits per heavy atom. The summed E-state index contributed by atoms with van der Waals surface area (Å²) in [6.07, 6.45) is 1.72. The second kappa shape index (κ2) is 5.23. The molecule has 0 fully saturated rings. The van der Waals surface area contributed by atoms with E-state index in [1.165, 1.54) is 0 Å². The number of rotatable bonds is 4. The van der Waals surface area contributed by atoms with Gasteiger partial charge in [-0.25, -0.2) is 4.68 Å². The van der Waals surface area contributed by atoms with Gasteiger partial charge in [0.2, 0.25) is 0 Å². The second-order valence-corrected chi connectivity index (χ2v) is 4.48. The van der Waals surface area contributed by atoms with Crippen LogP contribution in [0.25, 0.3) is 5.69 Å². The second-order valence-electron chi connectivity index (χ2n) is 4.48. The molecular formula is C14H18N2O2. The van der Waals surface area contributed by atoms with E-state index < -0.39 is 0 Å². The average Bonchev–Trinajstić information content (AvgIpc) is 2.82. The summed E-state index contributed by atoms with van der Waals surface area (Å²) in [6.45, 7) is 4.20. The smallest absolute Gasteiger partial charge is 0.119 e. The molecule has 0 aliphatic heterocycles. The molecule has 4 nitrogen and oxygen atoms in total. The molecule has 1 aromatic carbocycles. The molecule has 0 radical (unpaired) electrons. The summed E-state index contributed by atoms with van der Waals surface area (Å²) in [7, 11) is 1.65. The number of aliphatic hydroxyl groups excluding tert-OH is 1. The van der Waals surface area contributed by atoms with Crippen molar-refractivity contribution in [2.75, 3.05) is 7.11 Å². The van der Waals surface area contributed by atoms with Crippen molar-refractivity contribution in [1.82, 2.24) is 9.78 Å². The van der Waals surface area contributed by atoms with E-state index in [0.717, 1.165) is 22.7 Å². The highest BCUT2D eigenvalue weighted by Crippen LogP contribution is 2.24. The maximum absolute atomic E-state index is 9.34. The number of methoxy groups -OCH3 is 1. The summed E-state index contributed by atoms with van der Waals surface area (Å²) in [5, 5.41) is 13.7. The molecule has 96 valence electrons. The Labute approximate surface area is 107 Å². The molecule has 0 spiro atoms. The lowest BCUT2D eigenvalue weighted by Gasteiger charge is -2.12. The molecule has 1 N–H and O–H groups in total. The van der Waals surface area contributed by atoms with Gasteiger partial charge in [0.15, 0.2) is 0 Å². The van der Waals surface area contributed by atoms with Crippen LogP contribution in [0.3, 0.4) is 0 Å². The van der Waals surface area contributed by atoms with Crippen LogP contribution in [0.2, 0.25) is 0 Å². The SMILES string of the molecule is COc1ccc(-n2ncc(CO)c2C(C)C)cc1. The number of aromatic nitrogens is 2. The van der Waals surface area contributed by atoms with Gasteiger partial charge in [-0.1, -0.05) is 13.8 Å². The van der Waals surface area contributed by atoms with E-state index in [9.17, 15) is 5.11 Å². The van der Waals surface area contributed by atoms with Gasteiger partial charge in [0, 0.05) is 5.56 Å². The number of benzene rings is 1. The maximum Gasteiger partial charge on any atom is 0.119 e. The van der Waals surface area contributed by atoms with Crippen LogP contribution < -0.4 is 4.74 Å². The summed E-state index contributed by atoms with van der Waals surface area (Å²) in [5.74, 6) is 1.12. The first-order chi connectivity index (χ1) is 8.67. The quantitative estimate of drug-likeness (QED) is 0.901. The maximum atomic E-state index is 9.34. The zero-order valence-electron chi connectivity index (χ0n) is 10.9. The Kier molecular flexibility index (Phi) is 3.67. The number of hydrogen-bond acceptors (Lipinski definition) is 3. The van der Waals surface area contributed by atoms with Crippen LogP contribution in [0.5, 0.6) is 5.75 Å².